The van der Waals surface area contributed by atoms with Gasteiger partial charge < -0.3 is 10.6 Å². The van der Waals surface area contributed by atoms with Crippen LogP contribution in [-0.2, 0) is 6.42 Å². The van der Waals surface area contributed by atoms with E-state index in [-0.39, 0.29) is 0 Å². The minimum absolute atomic E-state index is 0.826. The summed E-state index contributed by atoms with van der Waals surface area (Å²) in [5, 5.41) is 9.76. The van der Waals surface area contributed by atoms with Crippen LogP contribution in [0, 0.1) is 5.92 Å². The molecule has 1 unspecified atom stereocenters. The van der Waals surface area contributed by atoms with E-state index < -0.39 is 0 Å². The first-order valence-corrected chi connectivity index (χ1v) is 7.31. The van der Waals surface area contributed by atoms with Gasteiger partial charge in [-0.05, 0) is 61.3 Å². The molecule has 0 aromatic heterocycles. The van der Waals surface area contributed by atoms with Crippen molar-refractivity contribution in [3.05, 3.63) is 48.0 Å². The monoisotopic (exact) mass is 254 g/mol. The molecule has 0 amide bonds. The molecule has 2 aromatic carbocycles. The molecule has 1 fully saturated rings. The summed E-state index contributed by atoms with van der Waals surface area (Å²) in [7, 11) is 0. The Hall–Kier alpha value is -1.38. The van der Waals surface area contributed by atoms with E-state index in [0.29, 0.717) is 0 Å². The number of rotatable bonds is 5. The third-order valence-electron chi connectivity index (χ3n) is 4.05. The first kappa shape index (κ1) is 12.6. The summed E-state index contributed by atoms with van der Waals surface area (Å²) in [6.45, 7) is 4.60. The van der Waals surface area contributed by atoms with Gasteiger partial charge in [0, 0.05) is 0 Å². The van der Waals surface area contributed by atoms with E-state index in [2.05, 4.69) is 53.1 Å². The Morgan fingerprint density at radius 1 is 1.11 bits per heavy atom. The standard InChI is InChI=1S/C17H22N2/c1-2-7-17-15(4-1)5-3-6-16(17)9-11-19-13-14-8-10-18-12-14/h1-7,14,18-19H,8-13H2. The Labute approximate surface area is 115 Å². The van der Waals surface area contributed by atoms with E-state index in [1.165, 1.54) is 35.8 Å². The van der Waals surface area contributed by atoms with Gasteiger partial charge >= 0.3 is 0 Å². The van der Waals surface area contributed by atoms with E-state index in [0.717, 1.165) is 25.4 Å². The number of benzene rings is 2. The molecule has 0 saturated carbocycles. The highest BCUT2D eigenvalue weighted by Crippen LogP contribution is 2.18. The Kier molecular flexibility index (Phi) is 4.11. The van der Waals surface area contributed by atoms with Crippen molar-refractivity contribution in [1.82, 2.24) is 10.6 Å². The quantitative estimate of drug-likeness (QED) is 0.801. The molecule has 2 aromatic rings. The Bertz CT molecular complexity index is 524. The summed E-state index contributed by atoms with van der Waals surface area (Å²) in [6, 6.07) is 15.3. The topological polar surface area (TPSA) is 24.1 Å². The van der Waals surface area contributed by atoms with Gasteiger partial charge in [-0.15, -0.1) is 0 Å². The average Bonchev–Trinajstić information content (AvgIpc) is 2.97. The maximum atomic E-state index is 3.60. The molecule has 2 heteroatoms. The number of hydrogen-bond donors (Lipinski definition) is 2. The van der Waals surface area contributed by atoms with Gasteiger partial charge in [0.15, 0.2) is 0 Å². The molecule has 1 heterocycles. The van der Waals surface area contributed by atoms with Gasteiger partial charge in [-0.25, -0.2) is 0 Å². The van der Waals surface area contributed by atoms with Gasteiger partial charge in [0.2, 0.25) is 0 Å². The summed E-state index contributed by atoms with van der Waals surface area (Å²) in [5.41, 5.74) is 1.45. The molecule has 0 radical (unpaired) electrons. The molecule has 2 N–H and O–H groups in total. The van der Waals surface area contributed by atoms with Crippen LogP contribution >= 0.6 is 0 Å². The molecular formula is C17H22N2. The molecule has 1 saturated heterocycles. The number of fused-ring (bicyclic) bond motifs is 1. The second-order valence-electron chi connectivity index (χ2n) is 5.45. The lowest BCUT2D eigenvalue weighted by Gasteiger charge is -2.11. The highest BCUT2D eigenvalue weighted by atomic mass is 14.9. The van der Waals surface area contributed by atoms with Crippen LogP contribution in [0.3, 0.4) is 0 Å². The third kappa shape index (κ3) is 3.14. The van der Waals surface area contributed by atoms with Gasteiger partial charge in [-0.1, -0.05) is 42.5 Å². The second kappa shape index (κ2) is 6.18. The lowest BCUT2D eigenvalue weighted by molar-refractivity contribution is 0.515. The molecule has 2 nitrogen and oxygen atoms in total. The zero-order chi connectivity index (χ0) is 12.9. The van der Waals surface area contributed by atoms with Crippen molar-refractivity contribution in [2.75, 3.05) is 26.2 Å². The van der Waals surface area contributed by atoms with Crippen molar-refractivity contribution in [3.63, 3.8) is 0 Å². The lowest BCUT2D eigenvalue weighted by Crippen LogP contribution is -2.26. The highest BCUT2D eigenvalue weighted by molar-refractivity contribution is 5.85. The molecule has 0 spiro atoms. The van der Waals surface area contributed by atoms with Crippen LogP contribution in [0.1, 0.15) is 12.0 Å². The summed E-state index contributed by atoms with van der Waals surface area (Å²) in [6.07, 6.45) is 2.43. The SMILES string of the molecule is c1ccc2c(CCNCC3CCNC3)cccc2c1. The Morgan fingerprint density at radius 3 is 2.89 bits per heavy atom. The predicted molar refractivity (Wildman–Crippen MR) is 81.5 cm³/mol. The van der Waals surface area contributed by atoms with Crippen LogP contribution in [0.5, 0.6) is 0 Å². The minimum Gasteiger partial charge on any atom is -0.316 e. The third-order valence-corrected chi connectivity index (χ3v) is 4.05. The summed E-state index contributed by atoms with van der Waals surface area (Å²) in [5.74, 6) is 0.826. The van der Waals surface area contributed by atoms with Gasteiger partial charge in [-0.2, -0.15) is 0 Å². The fraction of sp³-hybridized carbons (Fsp3) is 0.412. The van der Waals surface area contributed by atoms with Crippen molar-refractivity contribution >= 4 is 10.8 Å². The van der Waals surface area contributed by atoms with Crippen LogP contribution in [0.2, 0.25) is 0 Å². The van der Waals surface area contributed by atoms with Crippen molar-refractivity contribution in [2.24, 2.45) is 5.92 Å². The maximum absolute atomic E-state index is 3.60. The molecule has 1 aliphatic heterocycles. The first-order chi connectivity index (χ1) is 9.43. The van der Waals surface area contributed by atoms with E-state index in [9.17, 15) is 0 Å². The summed E-state index contributed by atoms with van der Waals surface area (Å²) < 4.78 is 0. The van der Waals surface area contributed by atoms with Crippen molar-refractivity contribution in [3.8, 4) is 0 Å². The predicted octanol–water partition coefficient (Wildman–Crippen LogP) is 2.58. The van der Waals surface area contributed by atoms with E-state index in [4.69, 9.17) is 0 Å². The molecule has 100 valence electrons. The first-order valence-electron chi connectivity index (χ1n) is 7.31. The second-order valence-corrected chi connectivity index (χ2v) is 5.45. The molecule has 1 atom stereocenters. The zero-order valence-electron chi connectivity index (χ0n) is 11.4. The molecule has 0 aliphatic carbocycles. The van der Waals surface area contributed by atoms with Crippen molar-refractivity contribution < 1.29 is 0 Å². The zero-order valence-corrected chi connectivity index (χ0v) is 11.4. The normalized spacial score (nSPS) is 19.1. The molecule has 0 bridgehead atoms. The summed E-state index contributed by atoms with van der Waals surface area (Å²) in [4.78, 5) is 0. The Morgan fingerprint density at radius 2 is 2.00 bits per heavy atom. The van der Waals surface area contributed by atoms with Gasteiger partial charge in [0.1, 0.15) is 0 Å². The van der Waals surface area contributed by atoms with E-state index >= 15 is 0 Å². The highest BCUT2D eigenvalue weighted by Gasteiger charge is 2.13. The van der Waals surface area contributed by atoms with Crippen LogP contribution in [0.25, 0.3) is 10.8 Å². The largest absolute Gasteiger partial charge is 0.316 e. The number of nitrogens with one attached hydrogen (secondary N) is 2. The van der Waals surface area contributed by atoms with Crippen molar-refractivity contribution in [2.45, 2.75) is 12.8 Å². The fourth-order valence-corrected chi connectivity index (χ4v) is 2.93. The fourth-order valence-electron chi connectivity index (χ4n) is 2.93. The minimum atomic E-state index is 0.826. The molecule has 19 heavy (non-hydrogen) atoms. The van der Waals surface area contributed by atoms with Gasteiger partial charge in [0.25, 0.3) is 0 Å². The van der Waals surface area contributed by atoms with Crippen molar-refractivity contribution in [1.29, 1.82) is 0 Å². The molecule has 3 rings (SSSR count). The maximum Gasteiger partial charge on any atom is -0.000777 e. The number of hydrogen-bond acceptors (Lipinski definition) is 2. The van der Waals surface area contributed by atoms with Gasteiger partial charge in [0.05, 0.1) is 0 Å². The lowest BCUT2D eigenvalue weighted by atomic mass is 10.0. The summed E-state index contributed by atoms with van der Waals surface area (Å²) >= 11 is 0. The van der Waals surface area contributed by atoms with Crippen LogP contribution in [-0.4, -0.2) is 26.2 Å². The van der Waals surface area contributed by atoms with Crippen LogP contribution < -0.4 is 10.6 Å². The average molecular weight is 254 g/mol. The Balaban J connectivity index is 1.56. The van der Waals surface area contributed by atoms with E-state index in [1.807, 2.05) is 0 Å². The smallest absolute Gasteiger partial charge is 0.000777 e. The van der Waals surface area contributed by atoms with Gasteiger partial charge in [-0.3, -0.25) is 0 Å². The van der Waals surface area contributed by atoms with Crippen LogP contribution in [0.15, 0.2) is 42.5 Å². The van der Waals surface area contributed by atoms with E-state index in [1.54, 1.807) is 0 Å². The molecular weight excluding hydrogens is 232 g/mol. The van der Waals surface area contributed by atoms with Crippen LogP contribution in [0.4, 0.5) is 0 Å². The molecule has 1 aliphatic rings.